The van der Waals surface area contributed by atoms with Crippen LogP contribution in [0, 0.1) is 22.9 Å². The number of hydrogen-bond donors (Lipinski definition) is 3. The molecule has 1 aliphatic heterocycles. The molecular weight excluding hydrogens is 523 g/mol. The highest BCUT2D eigenvalue weighted by Crippen LogP contribution is 2.41. The smallest absolute Gasteiger partial charge is 0.309 e. The zero-order valence-corrected chi connectivity index (χ0v) is 21.6. The number of anilines is 1. The van der Waals surface area contributed by atoms with Crippen molar-refractivity contribution in [3.63, 3.8) is 0 Å². The van der Waals surface area contributed by atoms with E-state index in [1.807, 2.05) is 4.90 Å². The van der Waals surface area contributed by atoms with Gasteiger partial charge < -0.3 is 25.2 Å². The van der Waals surface area contributed by atoms with Crippen LogP contribution in [0.15, 0.2) is 36.5 Å². The fraction of sp³-hybridized carbons (Fsp3) is 0.407. The summed E-state index contributed by atoms with van der Waals surface area (Å²) in [6, 6.07) is 6.49. The number of carboxylic acid groups (broad SMARTS) is 1. The van der Waals surface area contributed by atoms with Crippen LogP contribution in [-0.2, 0) is 4.79 Å². The Morgan fingerprint density at radius 3 is 2.53 bits per heavy atom. The lowest BCUT2D eigenvalue weighted by molar-refractivity contribution is -0.153. The summed E-state index contributed by atoms with van der Waals surface area (Å²) in [5.74, 6) is -3.35. The zero-order valence-electron chi connectivity index (χ0n) is 20.8. The molecule has 1 aromatic heterocycles. The maximum absolute atomic E-state index is 13.8. The first-order valence-electron chi connectivity index (χ1n) is 12.3. The first kappa shape index (κ1) is 27.9. The molecule has 0 radical (unpaired) electrons. The second-order valence-electron chi connectivity index (χ2n) is 9.56. The van der Waals surface area contributed by atoms with Crippen LogP contribution < -0.4 is 10.1 Å². The van der Waals surface area contributed by atoms with E-state index in [0.717, 1.165) is 0 Å². The zero-order chi connectivity index (χ0) is 27.4. The molecule has 0 bridgehead atoms. The van der Waals surface area contributed by atoms with E-state index in [0.29, 0.717) is 71.8 Å². The monoisotopic (exact) mass is 551 g/mol. The number of methoxy groups -OCH3 is 1. The molecule has 4 rings (SSSR count). The first-order valence-corrected chi connectivity index (χ1v) is 12.7. The third-order valence-electron chi connectivity index (χ3n) is 7.30. The van der Waals surface area contributed by atoms with Gasteiger partial charge in [0.15, 0.2) is 11.6 Å². The topological polar surface area (TPSA) is 94.9 Å². The van der Waals surface area contributed by atoms with Crippen LogP contribution in [0.5, 0.6) is 5.75 Å². The SMILES string of the molecule is COc1ccc2ncc(Cl)c([C@@H](O)CCC3(C(=O)O)CCN(CCNc4c(F)cc(F)cc4F)CC3)c2c1. The number of halogens is 4. The van der Waals surface area contributed by atoms with Crippen molar-refractivity contribution in [2.45, 2.75) is 31.8 Å². The van der Waals surface area contributed by atoms with E-state index in [-0.39, 0.29) is 19.4 Å². The summed E-state index contributed by atoms with van der Waals surface area (Å²) in [6.45, 7) is 1.56. The highest BCUT2D eigenvalue weighted by atomic mass is 35.5. The molecule has 2 heterocycles. The van der Waals surface area contributed by atoms with Gasteiger partial charge in [-0.3, -0.25) is 9.78 Å². The lowest BCUT2D eigenvalue weighted by Crippen LogP contribution is -2.45. The third kappa shape index (κ3) is 5.98. The van der Waals surface area contributed by atoms with Crippen molar-refractivity contribution < 1.29 is 32.9 Å². The molecule has 1 aliphatic rings. The Balaban J connectivity index is 1.37. The molecule has 0 spiro atoms. The van der Waals surface area contributed by atoms with Gasteiger partial charge in [-0.1, -0.05) is 11.6 Å². The predicted octanol–water partition coefficient (Wildman–Crippen LogP) is 5.41. The number of likely N-dealkylation sites (tertiary alicyclic amines) is 1. The molecule has 3 aromatic rings. The van der Waals surface area contributed by atoms with Gasteiger partial charge in [0.1, 0.15) is 17.3 Å². The average molecular weight is 552 g/mol. The van der Waals surface area contributed by atoms with Crippen molar-refractivity contribution in [1.82, 2.24) is 9.88 Å². The normalized spacial score (nSPS) is 16.4. The number of pyridine rings is 1. The van der Waals surface area contributed by atoms with Gasteiger partial charge in [-0.25, -0.2) is 13.2 Å². The van der Waals surface area contributed by atoms with Crippen molar-refractivity contribution in [3.8, 4) is 5.75 Å². The Bertz CT molecular complexity index is 1300. The lowest BCUT2D eigenvalue weighted by Gasteiger charge is -2.39. The minimum absolute atomic E-state index is 0.188. The molecule has 7 nitrogen and oxygen atoms in total. The molecule has 1 fully saturated rings. The number of aliphatic hydroxyl groups excluding tert-OH is 1. The highest BCUT2D eigenvalue weighted by Gasteiger charge is 2.41. The first-order chi connectivity index (χ1) is 18.1. The fourth-order valence-electron chi connectivity index (χ4n) is 5.02. The van der Waals surface area contributed by atoms with Gasteiger partial charge in [-0.05, 0) is 57.0 Å². The molecule has 0 unspecified atom stereocenters. The molecule has 1 saturated heterocycles. The van der Waals surface area contributed by atoms with Crippen LogP contribution >= 0.6 is 11.6 Å². The lowest BCUT2D eigenvalue weighted by atomic mass is 9.74. The molecular formula is C27H29ClF3N3O4. The maximum atomic E-state index is 13.8. The van der Waals surface area contributed by atoms with Gasteiger partial charge in [0.05, 0.1) is 29.2 Å². The molecule has 3 N–H and O–H groups in total. The summed E-state index contributed by atoms with van der Waals surface area (Å²) in [5, 5.41) is 24.7. The molecule has 0 aliphatic carbocycles. The summed E-state index contributed by atoms with van der Waals surface area (Å²) in [4.78, 5) is 18.6. The molecule has 11 heteroatoms. The van der Waals surface area contributed by atoms with E-state index in [1.165, 1.54) is 13.3 Å². The number of ether oxygens (including phenoxy) is 1. The Morgan fingerprint density at radius 1 is 1.21 bits per heavy atom. The minimum atomic E-state index is -1.02. The van der Waals surface area contributed by atoms with Crippen LogP contribution in [0.3, 0.4) is 0 Å². The van der Waals surface area contributed by atoms with Crippen molar-refractivity contribution >= 4 is 34.2 Å². The van der Waals surface area contributed by atoms with Crippen LogP contribution in [0.25, 0.3) is 10.9 Å². The second-order valence-corrected chi connectivity index (χ2v) is 9.96. The quantitative estimate of drug-likeness (QED) is 0.310. The summed E-state index contributed by atoms with van der Waals surface area (Å²) in [7, 11) is 1.54. The predicted molar refractivity (Wildman–Crippen MR) is 138 cm³/mol. The van der Waals surface area contributed by atoms with Crippen molar-refractivity contribution in [2.24, 2.45) is 5.41 Å². The molecule has 0 amide bonds. The fourth-order valence-corrected chi connectivity index (χ4v) is 5.29. The molecule has 1 atom stereocenters. The number of hydrogen-bond acceptors (Lipinski definition) is 6. The number of fused-ring (bicyclic) bond motifs is 1. The summed E-state index contributed by atoms with van der Waals surface area (Å²) >= 11 is 6.39. The number of benzene rings is 2. The van der Waals surface area contributed by atoms with E-state index in [4.69, 9.17) is 16.3 Å². The largest absolute Gasteiger partial charge is 0.497 e. The summed E-state index contributed by atoms with van der Waals surface area (Å²) < 4.78 is 46.0. The standard InChI is InChI=1S/C27H29ClF3N3O4/c1-38-17-2-3-22-18(14-17)24(19(28)15-33-22)23(35)4-5-27(26(36)37)6-9-34(10-7-27)11-8-32-25-20(30)12-16(29)13-21(25)31/h2-3,12-15,23,32,35H,4-11H2,1H3,(H,36,37)/t23-/m0/s1. The number of aromatic nitrogens is 1. The summed E-state index contributed by atoms with van der Waals surface area (Å²) in [5.41, 5.74) is -0.288. The maximum Gasteiger partial charge on any atom is 0.309 e. The second kappa shape index (κ2) is 11.8. The number of aliphatic carboxylic acids is 1. The van der Waals surface area contributed by atoms with Gasteiger partial charge in [0.2, 0.25) is 0 Å². The van der Waals surface area contributed by atoms with E-state index in [2.05, 4.69) is 10.3 Å². The van der Waals surface area contributed by atoms with Gasteiger partial charge >= 0.3 is 5.97 Å². The van der Waals surface area contributed by atoms with Crippen molar-refractivity contribution in [1.29, 1.82) is 0 Å². The number of rotatable bonds is 10. The Labute approximate surface area is 223 Å². The van der Waals surface area contributed by atoms with E-state index in [1.54, 1.807) is 18.2 Å². The number of aliphatic hydroxyl groups is 1. The number of carbonyl (C=O) groups is 1. The molecule has 204 valence electrons. The molecule has 38 heavy (non-hydrogen) atoms. The Hall–Kier alpha value is -3.08. The van der Waals surface area contributed by atoms with Crippen molar-refractivity contribution in [3.05, 3.63) is 64.6 Å². The number of nitrogens with one attached hydrogen (secondary N) is 1. The van der Waals surface area contributed by atoms with Crippen LogP contribution in [-0.4, -0.2) is 59.4 Å². The van der Waals surface area contributed by atoms with Gasteiger partial charge in [-0.2, -0.15) is 0 Å². The molecule has 2 aromatic carbocycles. The minimum Gasteiger partial charge on any atom is -0.497 e. The molecule has 0 saturated carbocycles. The number of nitrogens with zero attached hydrogens (tertiary/aromatic N) is 2. The van der Waals surface area contributed by atoms with E-state index >= 15 is 0 Å². The number of piperidine rings is 1. The Kier molecular flexibility index (Phi) is 8.64. The van der Waals surface area contributed by atoms with E-state index < -0.39 is 40.6 Å². The highest BCUT2D eigenvalue weighted by molar-refractivity contribution is 6.32. The van der Waals surface area contributed by atoms with Crippen LogP contribution in [0.2, 0.25) is 5.02 Å². The Morgan fingerprint density at radius 2 is 1.89 bits per heavy atom. The van der Waals surface area contributed by atoms with Gasteiger partial charge in [0.25, 0.3) is 0 Å². The third-order valence-corrected chi connectivity index (χ3v) is 7.60. The van der Waals surface area contributed by atoms with Crippen LogP contribution in [0.4, 0.5) is 18.9 Å². The van der Waals surface area contributed by atoms with Crippen LogP contribution in [0.1, 0.15) is 37.4 Å². The van der Waals surface area contributed by atoms with Gasteiger partial charge in [0, 0.05) is 42.4 Å². The van der Waals surface area contributed by atoms with Gasteiger partial charge in [-0.15, -0.1) is 0 Å². The average Bonchev–Trinajstić information content (AvgIpc) is 2.89. The number of carboxylic acids is 1. The van der Waals surface area contributed by atoms with Crippen molar-refractivity contribution in [2.75, 3.05) is 38.6 Å². The summed E-state index contributed by atoms with van der Waals surface area (Å²) in [6.07, 6.45) is 1.61. The van der Waals surface area contributed by atoms with E-state index in [9.17, 15) is 28.2 Å².